The molecule has 1 aromatic carbocycles. The number of aromatic nitrogens is 1. The van der Waals surface area contributed by atoms with Crippen LogP contribution >= 0.6 is 11.6 Å². The zero-order valence-electron chi connectivity index (χ0n) is 17.0. The molecule has 1 aromatic heterocycles. The fraction of sp³-hybridized carbons (Fsp3) is 0.478. The number of morpholine rings is 1. The second kappa shape index (κ2) is 9.14. The number of rotatable bonds is 4. The summed E-state index contributed by atoms with van der Waals surface area (Å²) in [7, 11) is 0. The number of anilines is 1. The summed E-state index contributed by atoms with van der Waals surface area (Å²) in [6.07, 6.45) is 3.79. The largest absolute Gasteiger partial charge is 0.378 e. The predicted molar refractivity (Wildman–Crippen MR) is 117 cm³/mol. The van der Waals surface area contributed by atoms with Gasteiger partial charge in [0.25, 0.3) is 0 Å². The third-order valence-electron chi connectivity index (χ3n) is 5.74. The van der Waals surface area contributed by atoms with Crippen LogP contribution < -0.4 is 4.90 Å². The number of hydrogen-bond acceptors (Lipinski definition) is 4. The maximum absolute atomic E-state index is 12.8. The van der Waals surface area contributed by atoms with Gasteiger partial charge in [-0.3, -0.25) is 4.79 Å². The Morgan fingerprint density at radius 2 is 1.76 bits per heavy atom. The Balaban J connectivity index is 1.67. The van der Waals surface area contributed by atoms with E-state index in [0.717, 1.165) is 72.2 Å². The van der Waals surface area contributed by atoms with Crippen molar-refractivity contribution in [1.29, 1.82) is 0 Å². The molecule has 0 unspecified atom stereocenters. The number of ether oxygens (including phenoxy) is 1. The van der Waals surface area contributed by atoms with Crippen LogP contribution in [-0.2, 0) is 16.0 Å². The van der Waals surface area contributed by atoms with Crippen LogP contribution in [0.3, 0.4) is 0 Å². The van der Waals surface area contributed by atoms with Crippen LogP contribution in [-0.4, -0.2) is 55.2 Å². The molecule has 3 heterocycles. The van der Waals surface area contributed by atoms with Crippen LogP contribution in [0.25, 0.3) is 11.1 Å². The normalized spacial score (nSPS) is 17.4. The topological polar surface area (TPSA) is 45.7 Å². The number of hydrogen-bond donors (Lipinski definition) is 0. The summed E-state index contributed by atoms with van der Waals surface area (Å²) in [5.74, 6) is 1.13. The third-order valence-corrected chi connectivity index (χ3v) is 5.99. The highest BCUT2D eigenvalue weighted by molar-refractivity contribution is 6.30. The maximum atomic E-state index is 12.8. The molecule has 0 radical (unpaired) electrons. The lowest BCUT2D eigenvalue weighted by Crippen LogP contribution is -2.38. The van der Waals surface area contributed by atoms with E-state index in [-0.39, 0.29) is 5.91 Å². The summed E-state index contributed by atoms with van der Waals surface area (Å²) in [5.41, 5.74) is 4.18. The first-order valence-corrected chi connectivity index (χ1v) is 10.9. The van der Waals surface area contributed by atoms with Crippen molar-refractivity contribution in [3.05, 3.63) is 46.6 Å². The van der Waals surface area contributed by atoms with Gasteiger partial charge in [-0.15, -0.1) is 0 Å². The highest BCUT2D eigenvalue weighted by Gasteiger charge is 2.22. The molecule has 2 aromatic rings. The Hall–Kier alpha value is -2.11. The standard InChI is InChI=1S/C23H28ClN3O2/c1-17-15-20(16-21(28)26-9-3-2-4-10-26)25-23(27-11-13-29-14-12-27)22(17)18-5-7-19(24)8-6-18/h5-8,15H,2-4,9-14,16H2,1H3. The molecule has 4 rings (SSSR count). The lowest BCUT2D eigenvalue weighted by atomic mass is 9.99. The monoisotopic (exact) mass is 413 g/mol. The van der Waals surface area contributed by atoms with E-state index in [1.54, 1.807) is 0 Å². The number of amides is 1. The molecular weight excluding hydrogens is 386 g/mol. The molecule has 2 aliphatic rings. The predicted octanol–water partition coefficient (Wildman–Crippen LogP) is 4.10. The summed E-state index contributed by atoms with van der Waals surface area (Å²) in [6.45, 7) is 6.83. The van der Waals surface area contributed by atoms with E-state index in [2.05, 4.69) is 17.9 Å². The number of likely N-dealkylation sites (tertiary alicyclic amines) is 1. The van der Waals surface area contributed by atoms with Crippen molar-refractivity contribution in [2.24, 2.45) is 0 Å². The van der Waals surface area contributed by atoms with Crippen molar-refractivity contribution in [2.75, 3.05) is 44.3 Å². The van der Waals surface area contributed by atoms with Gasteiger partial charge in [-0.1, -0.05) is 23.7 Å². The Bertz CT molecular complexity index is 857. The molecule has 0 N–H and O–H groups in total. The van der Waals surface area contributed by atoms with Crippen LogP contribution in [0, 0.1) is 6.92 Å². The first-order valence-electron chi connectivity index (χ1n) is 10.5. The Kier molecular flexibility index (Phi) is 6.36. The molecule has 2 saturated heterocycles. The number of benzene rings is 1. The van der Waals surface area contributed by atoms with Gasteiger partial charge in [-0.25, -0.2) is 4.98 Å². The number of piperidine rings is 1. The number of pyridine rings is 1. The molecule has 5 nitrogen and oxygen atoms in total. The van der Waals surface area contributed by atoms with E-state index in [1.165, 1.54) is 6.42 Å². The van der Waals surface area contributed by atoms with E-state index in [9.17, 15) is 4.79 Å². The molecule has 154 valence electrons. The van der Waals surface area contributed by atoms with Crippen molar-refractivity contribution >= 4 is 23.3 Å². The summed E-state index contributed by atoms with van der Waals surface area (Å²) in [4.78, 5) is 22.0. The minimum Gasteiger partial charge on any atom is -0.378 e. The van der Waals surface area contributed by atoms with Crippen LogP contribution in [0.2, 0.25) is 5.02 Å². The van der Waals surface area contributed by atoms with Crippen molar-refractivity contribution in [1.82, 2.24) is 9.88 Å². The highest BCUT2D eigenvalue weighted by atomic mass is 35.5. The number of carbonyl (C=O) groups is 1. The molecule has 0 aliphatic carbocycles. The van der Waals surface area contributed by atoms with Gasteiger partial charge in [0.1, 0.15) is 5.82 Å². The van der Waals surface area contributed by atoms with Crippen molar-refractivity contribution in [3.63, 3.8) is 0 Å². The zero-order chi connectivity index (χ0) is 20.2. The minimum absolute atomic E-state index is 0.184. The molecule has 2 aliphatic heterocycles. The van der Waals surface area contributed by atoms with Gasteiger partial charge in [-0.2, -0.15) is 0 Å². The number of nitrogens with zero attached hydrogens (tertiary/aromatic N) is 3. The fourth-order valence-corrected chi connectivity index (χ4v) is 4.33. The molecule has 6 heteroatoms. The Morgan fingerprint density at radius 1 is 1.07 bits per heavy atom. The second-order valence-electron chi connectivity index (χ2n) is 7.85. The van der Waals surface area contributed by atoms with Crippen molar-refractivity contribution < 1.29 is 9.53 Å². The number of halogens is 1. The molecule has 0 spiro atoms. The van der Waals surface area contributed by atoms with Gasteiger partial charge in [-0.05, 0) is 55.5 Å². The van der Waals surface area contributed by atoms with Gasteiger partial charge in [0.2, 0.25) is 5.91 Å². The fourth-order valence-electron chi connectivity index (χ4n) is 4.20. The van der Waals surface area contributed by atoms with Gasteiger partial charge in [0.05, 0.1) is 25.3 Å². The minimum atomic E-state index is 0.184. The van der Waals surface area contributed by atoms with Gasteiger partial charge in [0, 0.05) is 36.8 Å². The van der Waals surface area contributed by atoms with E-state index in [0.29, 0.717) is 19.6 Å². The molecule has 29 heavy (non-hydrogen) atoms. The number of carbonyl (C=O) groups excluding carboxylic acids is 1. The molecule has 0 saturated carbocycles. The quantitative estimate of drug-likeness (QED) is 0.756. The van der Waals surface area contributed by atoms with E-state index < -0.39 is 0 Å². The maximum Gasteiger partial charge on any atom is 0.228 e. The molecule has 1 amide bonds. The summed E-state index contributed by atoms with van der Waals surface area (Å²) < 4.78 is 5.54. The van der Waals surface area contributed by atoms with Crippen LogP contribution in [0.1, 0.15) is 30.5 Å². The summed E-state index contributed by atoms with van der Waals surface area (Å²) >= 11 is 6.10. The third kappa shape index (κ3) is 4.73. The molecule has 2 fully saturated rings. The first-order chi connectivity index (χ1) is 14.1. The highest BCUT2D eigenvalue weighted by Crippen LogP contribution is 2.34. The van der Waals surface area contributed by atoms with Gasteiger partial charge < -0.3 is 14.5 Å². The Morgan fingerprint density at radius 3 is 2.45 bits per heavy atom. The summed E-state index contributed by atoms with van der Waals surface area (Å²) in [6, 6.07) is 9.96. The van der Waals surface area contributed by atoms with Crippen LogP contribution in [0.15, 0.2) is 30.3 Å². The van der Waals surface area contributed by atoms with Crippen molar-refractivity contribution in [2.45, 2.75) is 32.6 Å². The van der Waals surface area contributed by atoms with Gasteiger partial charge in [0.15, 0.2) is 0 Å². The van der Waals surface area contributed by atoms with E-state index >= 15 is 0 Å². The van der Waals surface area contributed by atoms with Crippen LogP contribution in [0.4, 0.5) is 5.82 Å². The smallest absolute Gasteiger partial charge is 0.228 e. The van der Waals surface area contributed by atoms with E-state index in [1.807, 2.05) is 29.2 Å². The zero-order valence-corrected chi connectivity index (χ0v) is 17.7. The SMILES string of the molecule is Cc1cc(CC(=O)N2CCCCC2)nc(N2CCOCC2)c1-c1ccc(Cl)cc1. The lowest BCUT2D eigenvalue weighted by Gasteiger charge is -2.31. The van der Waals surface area contributed by atoms with Gasteiger partial charge >= 0.3 is 0 Å². The van der Waals surface area contributed by atoms with E-state index in [4.69, 9.17) is 21.3 Å². The molecular formula is C23H28ClN3O2. The lowest BCUT2D eigenvalue weighted by molar-refractivity contribution is -0.131. The molecule has 0 bridgehead atoms. The second-order valence-corrected chi connectivity index (χ2v) is 8.29. The molecule has 0 atom stereocenters. The average molecular weight is 414 g/mol. The first kappa shape index (κ1) is 20.2. The Labute approximate surface area is 177 Å². The van der Waals surface area contributed by atoms with Crippen molar-refractivity contribution in [3.8, 4) is 11.1 Å². The number of aryl methyl sites for hydroxylation is 1. The summed E-state index contributed by atoms with van der Waals surface area (Å²) in [5, 5.41) is 0.719. The average Bonchev–Trinajstić information content (AvgIpc) is 2.75. The van der Waals surface area contributed by atoms with Crippen LogP contribution in [0.5, 0.6) is 0 Å².